The fourth-order valence-corrected chi connectivity index (χ4v) is 4.67. The highest BCUT2D eigenvalue weighted by Gasteiger charge is 2.33. The van der Waals surface area contributed by atoms with Gasteiger partial charge in [-0.1, -0.05) is 0 Å². The first-order valence-electron chi connectivity index (χ1n) is 19.4. The van der Waals surface area contributed by atoms with Crippen LogP contribution in [0.4, 0.5) is 4.79 Å². The second-order valence-corrected chi connectivity index (χ2v) is 15.7. The standard InChI is InChI=1S/C37H62N6O19/c1-36(2,3)61-31(55)10-9-26(49)40-15-27(50)41-16-28(51)42-17-29(52)43-21(19-60-35(59)38-12-11-30(53)54)22(45)13-20(34(58)62-37(4,5)6)7-8-25(48)39-14-23(46)32(56)33(57)24(47)18-44/h20-21,23-24,32-33,44,46-47,56-57H,7-19H2,1-6H3,(H,38,59)(H,39,48)(H,40,49)(H,41,50)(H,42,51)(H,43,52)(H,53,54)/t20?,21?,23-,24+,32+,33+/m0/s1. The van der Waals surface area contributed by atoms with E-state index in [1.54, 1.807) is 20.8 Å². The lowest BCUT2D eigenvalue weighted by Gasteiger charge is -2.26. The van der Waals surface area contributed by atoms with Crippen molar-refractivity contribution in [3.8, 4) is 0 Å². The molecule has 0 aliphatic rings. The second-order valence-electron chi connectivity index (χ2n) is 15.7. The van der Waals surface area contributed by atoms with E-state index in [1.165, 1.54) is 20.8 Å². The van der Waals surface area contributed by atoms with Gasteiger partial charge in [0.05, 0.1) is 51.1 Å². The zero-order valence-corrected chi connectivity index (χ0v) is 35.6. The molecule has 12 N–H and O–H groups in total. The third-order valence-corrected chi connectivity index (χ3v) is 7.77. The third kappa shape index (κ3) is 27.4. The highest BCUT2D eigenvalue weighted by molar-refractivity contribution is 5.94. The van der Waals surface area contributed by atoms with Gasteiger partial charge in [0.2, 0.25) is 29.5 Å². The molecule has 0 aliphatic carbocycles. The average molecular weight is 895 g/mol. The van der Waals surface area contributed by atoms with Crippen molar-refractivity contribution in [2.75, 3.05) is 45.9 Å². The van der Waals surface area contributed by atoms with E-state index in [0.717, 1.165) is 0 Å². The Balaban J connectivity index is 5.58. The Morgan fingerprint density at radius 3 is 1.65 bits per heavy atom. The van der Waals surface area contributed by atoms with Gasteiger partial charge in [-0.3, -0.25) is 43.2 Å². The van der Waals surface area contributed by atoms with E-state index in [0.29, 0.717) is 0 Å². The van der Waals surface area contributed by atoms with Crippen molar-refractivity contribution < 1.29 is 92.8 Å². The molecule has 0 spiro atoms. The summed E-state index contributed by atoms with van der Waals surface area (Å²) in [6.45, 7) is 4.81. The molecule has 0 bridgehead atoms. The summed E-state index contributed by atoms with van der Waals surface area (Å²) >= 11 is 0. The van der Waals surface area contributed by atoms with Crippen molar-refractivity contribution in [3.63, 3.8) is 0 Å². The zero-order valence-electron chi connectivity index (χ0n) is 35.6. The summed E-state index contributed by atoms with van der Waals surface area (Å²) in [5.74, 6) is -9.19. The number of hydrogen-bond donors (Lipinski definition) is 12. The van der Waals surface area contributed by atoms with Crippen LogP contribution in [0.15, 0.2) is 0 Å². The number of amides is 6. The molecule has 25 nitrogen and oxygen atoms in total. The molecule has 6 atom stereocenters. The molecule has 0 aliphatic heterocycles. The Bertz CT molecular complexity index is 1550. The van der Waals surface area contributed by atoms with Crippen LogP contribution >= 0.6 is 0 Å². The minimum Gasteiger partial charge on any atom is -0.481 e. The summed E-state index contributed by atoms with van der Waals surface area (Å²) in [6, 6.07) is -1.68. The molecule has 0 rings (SSSR count). The van der Waals surface area contributed by atoms with Crippen LogP contribution in [0.1, 0.15) is 80.1 Å². The average Bonchev–Trinajstić information content (AvgIpc) is 3.17. The summed E-state index contributed by atoms with van der Waals surface area (Å²) in [6.07, 6.45) is -11.2. The number of aliphatic carboxylic acids is 1. The van der Waals surface area contributed by atoms with Crippen LogP contribution in [0.25, 0.3) is 0 Å². The largest absolute Gasteiger partial charge is 0.481 e. The van der Waals surface area contributed by atoms with Crippen molar-refractivity contribution >= 4 is 59.3 Å². The molecule has 0 fully saturated rings. The number of ether oxygens (including phenoxy) is 3. The molecule has 0 saturated carbocycles. The van der Waals surface area contributed by atoms with Crippen LogP contribution < -0.4 is 31.9 Å². The maximum atomic E-state index is 13.6. The number of carboxylic acids is 1. The van der Waals surface area contributed by atoms with Crippen LogP contribution in [-0.4, -0.2) is 178 Å². The minimum atomic E-state index is -1.97. The van der Waals surface area contributed by atoms with Gasteiger partial charge in [0, 0.05) is 32.4 Å². The Morgan fingerprint density at radius 1 is 0.597 bits per heavy atom. The third-order valence-electron chi connectivity index (χ3n) is 7.77. The predicted molar refractivity (Wildman–Crippen MR) is 210 cm³/mol. The van der Waals surface area contributed by atoms with Gasteiger partial charge in [-0.15, -0.1) is 0 Å². The fraction of sp³-hybridized carbons (Fsp3) is 0.730. The molecular weight excluding hydrogens is 832 g/mol. The van der Waals surface area contributed by atoms with E-state index >= 15 is 0 Å². The smallest absolute Gasteiger partial charge is 0.407 e. The van der Waals surface area contributed by atoms with Crippen LogP contribution in [0.3, 0.4) is 0 Å². The number of ketones is 1. The van der Waals surface area contributed by atoms with Gasteiger partial charge >= 0.3 is 24.0 Å². The molecule has 62 heavy (non-hydrogen) atoms. The molecule has 25 heteroatoms. The van der Waals surface area contributed by atoms with E-state index in [9.17, 15) is 68.4 Å². The first-order chi connectivity index (χ1) is 28.6. The maximum Gasteiger partial charge on any atom is 0.407 e. The number of alkyl carbamates (subject to hydrolysis) is 1. The highest BCUT2D eigenvalue weighted by Crippen LogP contribution is 2.20. The van der Waals surface area contributed by atoms with Gasteiger partial charge in [0.15, 0.2) is 5.78 Å². The highest BCUT2D eigenvalue weighted by atomic mass is 16.6. The number of nitrogens with one attached hydrogen (secondary N) is 6. The first kappa shape index (κ1) is 56.5. The molecular formula is C37H62N6O19. The van der Waals surface area contributed by atoms with Crippen molar-refractivity contribution in [2.45, 2.75) is 122 Å². The number of aliphatic hydroxyl groups excluding tert-OH is 5. The predicted octanol–water partition coefficient (Wildman–Crippen LogP) is -4.61. The van der Waals surface area contributed by atoms with Gasteiger partial charge in [0.25, 0.3) is 0 Å². The van der Waals surface area contributed by atoms with E-state index in [1.807, 2.05) is 0 Å². The molecule has 2 unspecified atom stereocenters. The number of carbonyl (C=O) groups excluding carboxylic acids is 9. The van der Waals surface area contributed by atoms with E-state index in [4.69, 9.17) is 24.4 Å². The van der Waals surface area contributed by atoms with Crippen LogP contribution in [0.2, 0.25) is 0 Å². The molecule has 0 aromatic carbocycles. The number of Topliss-reactive ketones (excluding diaryl/α,β-unsaturated/α-hetero) is 1. The fourth-order valence-electron chi connectivity index (χ4n) is 4.67. The summed E-state index contributed by atoms with van der Waals surface area (Å²) < 4.78 is 15.5. The van der Waals surface area contributed by atoms with E-state index < -0.39 is 166 Å². The van der Waals surface area contributed by atoms with Crippen LogP contribution in [0.5, 0.6) is 0 Å². The number of rotatable bonds is 28. The van der Waals surface area contributed by atoms with Gasteiger partial charge < -0.3 is 76.8 Å². The molecule has 0 heterocycles. The molecule has 0 radical (unpaired) electrons. The molecule has 0 aromatic heterocycles. The van der Waals surface area contributed by atoms with Crippen molar-refractivity contribution in [1.29, 1.82) is 0 Å². The van der Waals surface area contributed by atoms with Gasteiger partial charge in [-0.25, -0.2) is 4.79 Å². The summed E-state index contributed by atoms with van der Waals surface area (Å²) in [4.78, 5) is 123. The molecule has 354 valence electrons. The minimum absolute atomic E-state index is 0.230. The first-order valence-corrected chi connectivity index (χ1v) is 19.4. The lowest BCUT2D eigenvalue weighted by molar-refractivity contribution is -0.161. The Hall–Kier alpha value is -5.50. The van der Waals surface area contributed by atoms with Gasteiger partial charge in [0.1, 0.15) is 42.2 Å². The Morgan fingerprint density at radius 2 is 1.11 bits per heavy atom. The Kier molecular flexibility index (Phi) is 25.7. The summed E-state index contributed by atoms with van der Waals surface area (Å²) in [7, 11) is 0. The second kappa shape index (κ2) is 28.2. The summed E-state index contributed by atoms with van der Waals surface area (Å²) in [5.41, 5.74) is -1.81. The SMILES string of the molecule is CC(C)(C)OC(=O)CCC(=O)NCC(=O)NCC(=O)NCC(=O)NC(COC(=O)NCCC(=O)O)C(=O)CC(CCC(=O)NC[C@H](O)[C@@H](O)[C@H](O)[C@H](O)CO)C(=O)OC(C)(C)C. The lowest BCUT2D eigenvalue weighted by atomic mass is 9.93. The van der Waals surface area contributed by atoms with Gasteiger partial charge in [-0.2, -0.15) is 0 Å². The van der Waals surface area contributed by atoms with Crippen LogP contribution in [0, 0.1) is 5.92 Å². The Labute approximate surface area is 357 Å². The monoisotopic (exact) mass is 894 g/mol. The van der Waals surface area contributed by atoms with Crippen molar-refractivity contribution in [2.24, 2.45) is 5.92 Å². The van der Waals surface area contributed by atoms with Crippen LogP contribution in [-0.2, 0) is 57.4 Å². The topological polar surface area (TPSA) is 392 Å². The normalized spacial score (nSPS) is 14.2. The molecule has 6 amide bonds. The maximum absolute atomic E-state index is 13.6. The number of carbonyl (C=O) groups is 10. The van der Waals surface area contributed by atoms with E-state index in [-0.39, 0.29) is 25.8 Å². The van der Waals surface area contributed by atoms with Crippen molar-refractivity contribution in [1.82, 2.24) is 31.9 Å². The lowest BCUT2D eigenvalue weighted by Crippen LogP contribution is -2.50. The van der Waals surface area contributed by atoms with Crippen molar-refractivity contribution in [3.05, 3.63) is 0 Å². The van der Waals surface area contributed by atoms with E-state index in [2.05, 4.69) is 31.9 Å². The number of esters is 2. The zero-order chi connectivity index (χ0) is 47.8. The van der Waals surface area contributed by atoms with Gasteiger partial charge in [-0.05, 0) is 48.0 Å². The molecule has 0 aromatic rings. The molecule has 0 saturated heterocycles. The number of carboxylic acid groups (broad SMARTS) is 1. The summed E-state index contributed by atoms with van der Waals surface area (Å²) in [5, 5.41) is 70.3. The number of aliphatic hydroxyl groups is 5. The quantitative estimate of drug-likeness (QED) is 0.0260. The number of hydrogen-bond acceptors (Lipinski definition) is 18.